The summed E-state index contributed by atoms with van der Waals surface area (Å²) in [5.74, 6) is 0.0980. The van der Waals surface area contributed by atoms with Crippen LogP contribution < -0.4 is 11.1 Å². The first-order chi connectivity index (χ1) is 8.85. The topological polar surface area (TPSA) is 61.6 Å². The van der Waals surface area contributed by atoms with Gasteiger partial charge in [-0.05, 0) is 27.3 Å². The van der Waals surface area contributed by atoms with Crippen LogP contribution in [0.2, 0.25) is 0 Å². The Labute approximate surface area is 117 Å². The van der Waals surface area contributed by atoms with Crippen LogP contribution in [0.1, 0.15) is 34.1 Å². The summed E-state index contributed by atoms with van der Waals surface area (Å²) in [5.41, 5.74) is 5.68. The quantitative estimate of drug-likeness (QED) is 0.752. The number of carbonyl (C=O) groups excluding carboxylic acids is 1. The average Bonchev–Trinajstić information content (AvgIpc) is 2.34. The maximum absolute atomic E-state index is 12.0. The van der Waals surface area contributed by atoms with Gasteiger partial charge in [0.15, 0.2) is 0 Å². The van der Waals surface area contributed by atoms with Crippen LogP contribution in [0.15, 0.2) is 0 Å². The number of likely N-dealkylation sites (N-methyl/N-ethyl adjacent to an activating group) is 1. The van der Waals surface area contributed by atoms with Crippen LogP contribution >= 0.6 is 0 Å². The lowest BCUT2D eigenvalue weighted by Gasteiger charge is -2.38. The fraction of sp³-hybridized carbons (Fsp3) is 0.929. The standard InChI is InChI=1S/C14H30N4O/c1-5-17-6-8-18(9-7-17)12(11-15)10-13(19)16-14(2,3)4/h12H,5-11,15H2,1-4H3,(H,16,19). The van der Waals surface area contributed by atoms with Gasteiger partial charge in [0.2, 0.25) is 5.91 Å². The maximum atomic E-state index is 12.0. The molecule has 0 bridgehead atoms. The second-order valence-electron chi connectivity index (χ2n) is 6.36. The molecule has 1 unspecified atom stereocenters. The molecule has 0 aliphatic carbocycles. The van der Waals surface area contributed by atoms with Gasteiger partial charge in [0.1, 0.15) is 0 Å². The average molecular weight is 270 g/mol. The Kier molecular flexibility index (Phi) is 6.23. The lowest BCUT2D eigenvalue weighted by Crippen LogP contribution is -2.54. The lowest BCUT2D eigenvalue weighted by atomic mass is 10.1. The summed E-state index contributed by atoms with van der Waals surface area (Å²) in [6, 6.07) is 0.168. The molecule has 0 saturated carbocycles. The van der Waals surface area contributed by atoms with Crippen LogP contribution in [0.5, 0.6) is 0 Å². The highest BCUT2D eigenvalue weighted by molar-refractivity contribution is 5.77. The van der Waals surface area contributed by atoms with E-state index in [0.717, 1.165) is 32.7 Å². The Hall–Kier alpha value is -0.650. The molecule has 0 aromatic rings. The van der Waals surface area contributed by atoms with Crippen molar-refractivity contribution in [2.45, 2.75) is 45.7 Å². The van der Waals surface area contributed by atoms with Gasteiger partial charge in [-0.15, -0.1) is 0 Å². The van der Waals surface area contributed by atoms with E-state index in [1.54, 1.807) is 0 Å². The summed E-state index contributed by atoms with van der Waals surface area (Å²) in [5, 5.41) is 3.01. The number of hydrogen-bond acceptors (Lipinski definition) is 4. The molecule has 0 spiro atoms. The van der Waals surface area contributed by atoms with E-state index in [1.165, 1.54) is 0 Å². The van der Waals surface area contributed by atoms with Crippen molar-refractivity contribution < 1.29 is 4.79 Å². The molecule has 1 fully saturated rings. The van der Waals surface area contributed by atoms with Crippen molar-refractivity contribution in [3.05, 3.63) is 0 Å². The molecule has 1 rings (SSSR count). The highest BCUT2D eigenvalue weighted by Gasteiger charge is 2.25. The van der Waals surface area contributed by atoms with E-state index in [1.807, 2.05) is 20.8 Å². The molecular weight excluding hydrogens is 240 g/mol. The largest absolute Gasteiger partial charge is 0.351 e. The van der Waals surface area contributed by atoms with E-state index in [9.17, 15) is 4.79 Å². The molecule has 3 N–H and O–H groups in total. The molecule has 1 saturated heterocycles. The smallest absolute Gasteiger partial charge is 0.222 e. The van der Waals surface area contributed by atoms with Crippen molar-refractivity contribution in [1.82, 2.24) is 15.1 Å². The van der Waals surface area contributed by atoms with Crippen LogP contribution in [-0.2, 0) is 4.79 Å². The van der Waals surface area contributed by atoms with Crippen molar-refractivity contribution in [3.8, 4) is 0 Å². The van der Waals surface area contributed by atoms with Crippen LogP contribution in [-0.4, -0.2) is 66.6 Å². The lowest BCUT2D eigenvalue weighted by molar-refractivity contribution is -0.123. The number of hydrogen-bond donors (Lipinski definition) is 2. The molecule has 112 valence electrons. The highest BCUT2D eigenvalue weighted by atomic mass is 16.1. The molecule has 1 atom stereocenters. The first kappa shape index (κ1) is 16.4. The minimum atomic E-state index is -0.170. The number of rotatable bonds is 5. The van der Waals surface area contributed by atoms with E-state index < -0.39 is 0 Å². The van der Waals surface area contributed by atoms with E-state index in [-0.39, 0.29) is 17.5 Å². The fourth-order valence-electron chi connectivity index (χ4n) is 2.49. The Bertz CT molecular complexity index is 280. The number of nitrogens with two attached hydrogens (primary N) is 1. The Balaban J connectivity index is 2.43. The fourth-order valence-corrected chi connectivity index (χ4v) is 2.49. The number of amides is 1. The van der Waals surface area contributed by atoms with Gasteiger partial charge < -0.3 is 16.0 Å². The van der Waals surface area contributed by atoms with E-state index in [0.29, 0.717) is 13.0 Å². The van der Waals surface area contributed by atoms with Crippen LogP contribution in [0, 0.1) is 0 Å². The molecule has 1 amide bonds. The summed E-state index contributed by atoms with van der Waals surface area (Å²) in [6.07, 6.45) is 0.500. The van der Waals surface area contributed by atoms with E-state index in [2.05, 4.69) is 22.0 Å². The first-order valence-electron chi connectivity index (χ1n) is 7.33. The van der Waals surface area contributed by atoms with Gasteiger partial charge in [-0.25, -0.2) is 0 Å². The van der Waals surface area contributed by atoms with Gasteiger partial charge in [-0.2, -0.15) is 0 Å². The SMILES string of the molecule is CCN1CCN(C(CN)CC(=O)NC(C)(C)C)CC1. The zero-order valence-corrected chi connectivity index (χ0v) is 12.9. The molecule has 5 nitrogen and oxygen atoms in total. The molecule has 1 aliphatic heterocycles. The van der Waals surface area contributed by atoms with Gasteiger partial charge in [0.25, 0.3) is 0 Å². The summed E-state index contributed by atoms with van der Waals surface area (Å²) < 4.78 is 0. The number of nitrogens with one attached hydrogen (secondary N) is 1. The summed E-state index contributed by atoms with van der Waals surface area (Å²) >= 11 is 0. The zero-order chi connectivity index (χ0) is 14.5. The predicted molar refractivity (Wildman–Crippen MR) is 79.0 cm³/mol. The third-order valence-corrected chi connectivity index (χ3v) is 3.58. The molecule has 0 radical (unpaired) electrons. The molecule has 0 aromatic heterocycles. The molecule has 1 heterocycles. The van der Waals surface area contributed by atoms with Gasteiger partial charge in [-0.3, -0.25) is 9.69 Å². The minimum Gasteiger partial charge on any atom is -0.351 e. The molecular formula is C14H30N4O. The number of carbonyl (C=O) groups is 1. The second-order valence-corrected chi connectivity index (χ2v) is 6.36. The summed E-state index contributed by atoms with van der Waals surface area (Å²) in [6.45, 7) is 14.0. The molecule has 0 aromatic carbocycles. The maximum Gasteiger partial charge on any atom is 0.222 e. The van der Waals surface area contributed by atoms with Crippen molar-refractivity contribution in [3.63, 3.8) is 0 Å². The normalized spacial score (nSPS) is 20.3. The van der Waals surface area contributed by atoms with Crippen molar-refractivity contribution in [1.29, 1.82) is 0 Å². The second kappa shape index (κ2) is 7.22. The summed E-state index contributed by atoms with van der Waals surface area (Å²) in [7, 11) is 0. The highest BCUT2D eigenvalue weighted by Crippen LogP contribution is 2.10. The van der Waals surface area contributed by atoms with Gasteiger partial charge in [0, 0.05) is 50.7 Å². The third kappa shape index (κ3) is 5.89. The zero-order valence-electron chi connectivity index (χ0n) is 12.9. The van der Waals surface area contributed by atoms with Gasteiger partial charge in [0.05, 0.1) is 0 Å². The monoisotopic (exact) mass is 270 g/mol. The van der Waals surface area contributed by atoms with Crippen LogP contribution in [0.25, 0.3) is 0 Å². The Morgan fingerprint density at radius 3 is 2.26 bits per heavy atom. The van der Waals surface area contributed by atoms with Gasteiger partial charge in [-0.1, -0.05) is 6.92 Å². The number of piperazine rings is 1. The van der Waals surface area contributed by atoms with Crippen molar-refractivity contribution in [2.24, 2.45) is 5.73 Å². The predicted octanol–water partition coefficient (Wildman–Crippen LogP) is 0.256. The Morgan fingerprint density at radius 1 is 1.26 bits per heavy atom. The first-order valence-corrected chi connectivity index (χ1v) is 7.33. The van der Waals surface area contributed by atoms with Crippen molar-refractivity contribution >= 4 is 5.91 Å². The molecule has 19 heavy (non-hydrogen) atoms. The Morgan fingerprint density at radius 2 is 1.84 bits per heavy atom. The van der Waals surface area contributed by atoms with Crippen LogP contribution in [0.3, 0.4) is 0 Å². The van der Waals surface area contributed by atoms with Crippen LogP contribution in [0.4, 0.5) is 0 Å². The number of nitrogens with zero attached hydrogens (tertiary/aromatic N) is 2. The van der Waals surface area contributed by atoms with Crippen molar-refractivity contribution in [2.75, 3.05) is 39.3 Å². The van der Waals surface area contributed by atoms with E-state index >= 15 is 0 Å². The van der Waals surface area contributed by atoms with Gasteiger partial charge >= 0.3 is 0 Å². The molecule has 5 heteroatoms. The van der Waals surface area contributed by atoms with E-state index in [4.69, 9.17) is 5.73 Å². The summed E-state index contributed by atoms with van der Waals surface area (Å²) in [4.78, 5) is 16.8. The molecule has 1 aliphatic rings. The third-order valence-electron chi connectivity index (χ3n) is 3.58. The minimum absolute atomic E-state index is 0.0980.